The van der Waals surface area contributed by atoms with E-state index in [1.807, 2.05) is 18.2 Å². The Morgan fingerprint density at radius 2 is 1.92 bits per heavy atom. The molecular weight excluding hydrogens is 442 g/mol. The van der Waals surface area contributed by atoms with Gasteiger partial charge in [0.15, 0.2) is 0 Å². The zero-order valence-electron chi connectivity index (χ0n) is 21.8. The Hall–Kier alpha value is -3.24. The molecule has 3 aromatic carbocycles. The molecule has 1 saturated carbocycles. The SMILES string of the molecule is CCC1CN=C(C(C)C)c2cc(C3CC3c3cc(/C=C/COC)c4cc(C(=N)N)ccc4c3)ccc21. The molecule has 0 saturated heterocycles. The van der Waals surface area contributed by atoms with Gasteiger partial charge in [0.1, 0.15) is 5.84 Å². The fourth-order valence-electron chi connectivity index (χ4n) is 5.75. The van der Waals surface area contributed by atoms with E-state index in [9.17, 15) is 0 Å². The molecule has 186 valence electrons. The van der Waals surface area contributed by atoms with Gasteiger partial charge in [-0.05, 0) is 81.3 Å². The Labute approximate surface area is 214 Å². The van der Waals surface area contributed by atoms with Crippen LogP contribution in [-0.2, 0) is 4.74 Å². The topological polar surface area (TPSA) is 71.5 Å². The number of nitrogens with two attached hydrogens (primary N) is 1. The maximum atomic E-state index is 7.85. The third-order valence-corrected chi connectivity index (χ3v) is 7.84. The van der Waals surface area contributed by atoms with Crippen LogP contribution in [0.3, 0.4) is 0 Å². The first kappa shape index (κ1) is 24.5. The van der Waals surface area contributed by atoms with Crippen LogP contribution in [-0.4, -0.2) is 31.8 Å². The average Bonchev–Trinajstić information content (AvgIpc) is 3.68. The van der Waals surface area contributed by atoms with Gasteiger partial charge in [0.2, 0.25) is 0 Å². The van der Waals surface area contributed by atoms with Gasteiger partial charge in [0, 0.05) is 30.8 Å². The number of amidine groups is 1. The molecule has 3 aromatic rings. The van der Waals surface area contributed by atoms with E-state index in [1.165, 1.54) is 39.8 Å². The Balaban J connectivity index is 1.50. The summed E-state index contributed by atoms with van der Waals surface area (Å²) >= 11 is 0. The van der Waals surface area contributed by atoms with Gasteiger partial charge in [0.25, 0.3) is 0 Å². The summed E-state index contributed by atoms with van der Waals surface area (Å²) in [7, 11) is 1.71. The number of nitrogens with one attached hydrogen (secondary N) is 1. The number of benzene rings is 3. The van der Waals surface area contributed by atoms with Crippen LogP contribution in [0.1, 0.15) is 84.7 Å². The van der Waals surface area contributed by atoms with Crippen LogP contribution in [0.15, 0.2) is 59.6 Å². The maximum Gasteiger partial charge on any atom is 0.122 e. The van der Waals surface area contributed by atoms with Crippen molar-refractivity contribution in [3.05, 3.63) is 88.0 Å². The molecule has 36 heavy (non-hydrogen) atoms. The number of ether oxygens (including phenoxy) is 1. The minimum Gasteiger partial charge on any atom is -0.384 e. The van der Waals surface area contributed by atoms with E-state index in [0.29, 0.717) is 30.3 Å². The molecule has 0 amide bonds. The maximum absolute atomic E-state index is 7.85. The van der Waals surface area contributed by atoms with Crippen molar-refractivity contribution in [3.8, 4) is 0 Å². The summed E-state index contributed by atoms with van der Waals surface area (Å²) in [4.78, 5) is 5.00. The minimum atomic E-state index is 0.0945. The van der Waals surface area contributed by atoms with Crippen molar-refractivity contribution in [2.75, 3.05) is 20.3 Å². The highest BCUT2D eigenvalue weighted by Crippen LogP contribution is 2.55. The van der Waals surface area contributed by atoms with E-state index in [2.05, 4.69) is 63.2 Å². The van der Waals surface area contributed by atoms with Crippen LogP contribution in [0.2, 0.25) is 0 Å². The van der Waals surface area contributed by atoms with Gasteiger partial charge in [-0.2, -0.15) is 0 Å². The standard InChI is InChI=1S/C32H37N3O/c1-5-20-18-35-31(19(2)3)30-15-23(10-11-26(20)30)28-17-29(28)25-13-21(7-6-12-36-4)27-16-24(32(33)34)9-8-22(27)14-25/h6-11,13-16,19-20,28-29H,5,12,17-18H2,1-4H3,(H3,33,34)/b7-6+. The number of methoxy groups -OCH3 is 1. The van der Waals surface area contributed by atoms with Gasteiger partial charge in [-0.3, -0.25) is 10.4 Å². The zero-order chi connectivity index (χ0) is 25.4. The highest BCUT2D eigenvalue weighted by atomic mass is 16.5. The normalized spacial score (nSPS) is 21.1. The number of hydrogen-bond acceptors (Lipinski definition) is 3. The zero-order valence-corrected chi connectivity index (χ0v) is 21.8. The number of nitrogens with zero attached hydrogens (tertiary/aromatic N) is 1. The fourth-order valence-corrected chi connectivity index (χ4v) is 5.75. The molecule has 0 aromatic heterocycles. The van der Waals surface area contributed by atoms with Crippen molar-refractivity contribution in [3.63, 3.8) is 0 Å². The second-order valence-corrected chi connectivity index (χ2v) is 10.6. The quantitative estimate of drug-likeness (QED) is 0.269. The van der Waals surface area contributed by atoms with Crippen LogP contribution in [0.5, 0.6) is 0 Å². The van der Waals surface area contributed by atoms with Crippen molar-refractivity contribution in [2.45, 2.75) is 51.4 Å². The summed E-state index contributed by atoms with van der Waals surface area (Å²) in [6.45, 7) is 8.27. The molecule has 1 aliphatic carbocycles. The van der Waals surface area contributed by atoms with Crippen molar-refractivity contribution in [1.29, 1.82) is 5.41 Å². The molecule has 3 N–H and O–H groups in total. The first-order chi connectivity index (χ1) is 17.4. The molecule has 0 bridgehead atoms. The second-order valence-electron chi connectivity index (χ2n) is 10.6. The third-order valence-electron chi connectivity index (χ3n) is 7.84. The molecule has 0 spiro atoms. The lowest BCUT2D eigenvalue weighted by Gasteiger charge is -2.26. The van der Waals surface area contributed by atoms with E-state index in [-0.39, 0.29) is 5.84 Å². The van der Waals surface area contributed by atoms with E-state index in [1.54, 1.807) is 7.11 Å². The fraction of sp³-hybridized carbons (Fsp3) is 0.375. The number of rotatable bonds is 8. The van der Waals surface area contributed by atoms with Gasteiger partial charge in [-0.15, -0.1) is 0 Å². The van der Waals surface area contributed by atoms with Crippen molar-refractivity contribution < 1.29 is 4.74 Å². The van der Waals surface area contributed by atoms with E-state index >= 15 is 0 Å². The molecular formula is C32H37N3O. The van der Waals surface area contributed by atoms with Crippen LogP contribution in [0.4, 0.5) is 0 Å². The smallest absolute Gasteiger partial charge is 0.122 e. The van der Waals surface area contributed by atoms with Crippen molar-refractivity contribution in [1.82, 2.24) is 0 Å². The Kier molecular flexibility index (Phi) is 6.81. The lowest BCUT2D eigenvalue weighted by atomic mass is 9.83. The minimum absolute atomic E-state index is 0.0945. The monoisotopic (exact) mass is 479 g/mol. The molecule has 0 radical (unpaired) electrons. The molecule has 3 atom stereocenters. The lowest BCUT2D eigenvalue weighted by Crippen LogP contribution is -2.21. The first-order valence-corrected chi connectivity index (χ1v) is 13.2. The lowest BCUT2D eigenvalue weighted by molar-refractivity contribution is 0.234. The first-order valence-electron chi connectivity index (χ1n) is 13.2. The highest BCUT2D eigenvalue weighted by molar-refractivity contribution is 6.04. The van der Waals surface area contributed by atoms with Crippen LogP contribution < -0.4 is 5.73 Å². The molecule has 1 fully saturated rings. The average molecular weight is 480 g/mol. The largest absolute Gasteiger partial charge is 0.384 e. The van der Waals surface area contributed by atoms with E-state index < -0.39 is 0 Å². The van der Waals surface area contributed by atoms with Gasteiger partial charge < -0.3 is 10.5 Å². The highest BCUT2D eigenvalue weighted by Gasteiger charge is 2.40. The molecule has 5 rings (SSSR count). The molecule has 2 aliphatic rings. The predicted octanol–water partition coefficient (Wildman–Crippen LogP) is 7.01. The third kappa shape index (κ3) is 4.62. The van der Waals surface area contributed by atoms with Crippen LogP contribution in [0.25, 0.3) is 16.8 Å². The number of hydrogen-bond donors (Lipinski definition) is 2. The van der Waals surface area contributed by atoms with Crippen molar-refractivity contribution in [2.24, 2.45) is 16.6 Å². The van der Waals surface area contributed by atoms with Crippen LogP contribution >= 0.6 is 0 Å². The van der Waals surface area contributed by atoms with Gasteiger partial charge in [0.05, 0.1) is 6.61 Å². The second kappa shape index (κ2) is 10.0. The van der Waals surface area contributed by atoms with Gasteiger partial charge in [-0.1, -0.05) is 69.3 Å². The van der Waals surface area contributed by atoms with Crippen molar-refractivity contribution >= 4 is 28.4 Å². The summed E-state index contributed by atoms with van der Waals surface area (Å²) in [5.74, 6) is 2.12. The Morgan fingerprint density at radius 1 is 1.11 bits per heavy atom. The Bertz CT molecular complexity index is 1370. The summed E-state index contributed by atoms with van der Waals surface area (Å²) in [5, 5.41) is 10.2. The van der Waals surface area contributed by atoms with E-state index in [4.69, 9.17) is 20.9 Å². The van der Waals surface area contributed by atoms with E-state index in [0.717, 1.165) is 29.5 Å². The van der Waals surface area contributed by atoms with Gasteiger partial charge >= 0.3 is 0 Å². The number of aliphatic imine (C=N–C) groups is 1. The van der Waals surface area contributed by atoms with Crippen LogP contribution in [0, 0.1) is 11.3 Å². The predicted molar refractivity (Wildman–Crippen MR) is 152 cm³/mol. The molecule has 3 unspecified atom stereocenters. The Morgan fingerprint density at radius 3 is 2.64 bits per heavy atom. The summed E-state index contributed by atoms with van der Waals surface area (Å²) < 4.78 is 5.24. The number of fused-ring (bicyclic) bond motifs is 2. The molecule has 1 aliphatic heterocycles. The molecule has 1 heterocycles. The molecule has 4 nitrogen and oxygen atoms in total. The molecule has 4 heteroatoms. The summed E-state index contributed by atoms with van der Waals surface area (Å²) in [6, 6.07) is 17.9. The number of nitrogen functional groups attached to an aromatic ring is 1. The van der Waals surface area contributed by atoms with Gasteiger partial charge in [-0.25, -0.2) is 0 Å². The summed E-state index contributed by atoms with van der Waals surface area (Å²) in [6.07, 6.45) is 6.48. The summed E-state index contributed by atoms with van der Waals surface area (Å²) in [5.41, 5.74) is 14.6.